The fourth-order valence-corrected chi connectivity index (χ4v) is 3.61. The number of carboxylic acids is 1. The van der Waals surface area contributed by atoms with Crippen LogP contribution in [-0.2, 0) is 9.59 Å². The first-order valence-electron chi connectivity index (χ1n) is 7.90. The third-order valence-corrected chi connectivity index (χ3v) is 4.80. The highest BCUT2D eigenvalue weighted by Crippen LogP contribution is 2.44. The van der Waals surface area contributed by atoms with Crippen molar-refractivity contribution in [3.05, 3.63) is 12.0 Å². The number of nitrogens with zero attached hydrogens (tertiary/aromatic N) is 4. The number of nitrogens with one attached hydrogen (secondary N) is 1. The van der Waals surface area contributed by atoms with Crippen LogP contribution in [0.4, 0.5) is 16.2 Å². The highest BCUT2D eigenvalue weighted by atomic mass is 19.1. The summed E-state index contributed by atoms with van der Waals surface area (Å²) >= 11 is 0. The van der Waals surface area contributed by atoms with Crippen LogP contribution in [0.15, 0.2) is 6.20 Å². The quantitative estimate of drug-likeness (QED) is 0.803. The fraction of sp³-hybridized carbons (Fsp3) is 0.600. The number of anilines is 2. The Morgan fingerprint density at radius 1 is 1.54 bits per heavy atom. The van der Waals surface area contributed by atoms with Crippen LogP contribution in [-0.4, -0.2) is 65.1 Å². The lowest BCUT2D eigenvalue weighted by Gasteiger charge is -2.25. The molecule has 2 aliphatic heterocycles. The Bertz CT molecular complexity index is 685. The highest BCUT2D eigenvalue weighted by molar-refractivity contribution is 5.93. The predicted octanol–water partition coefficient (Wildman–Crippen LogP) is 0.417. The summed E-state index contributed by atoms with van der Waals surface area (Å²) in [7, 11) is 1.54. The van der Waals surface area contributed by atoms with Crippen LogP contribution in [0.3, 0.4) is 0 Å². The minimum Gasteiger partial charge on any atom is -0.481 e. The smallest absolute Gasteiger partial charge is 0.314 e. The summed E-state index contributed by atoms with van der Waals surface area (Å²) in [4.78, 5) is 35.8. The summed E-state index contributed by atoms with van der Waals surface area (Å²) in [5.41, 5.74) is -1.16. The van der Waals surface area contributed by atoms with Gasteiger partial charge >= 0.3 is 5.97 Å². The van der Waals surface area contributed by atoms with Gasteiger partial charge in [-0.15, -0.1) is 0 Å². The molecule has 2 fully saturated rings. The van der Waals surface area contributed by atoms with E-state index < -0.39 is 23.1 Å². The summed E-state index contributed by atoms with van der Waals surface area (Å²) in [6.07, 6.45) is 1.82. The van der Waals surface area contributed by atoms with E-state index in [0.29, 0.717) is 6.54 Å². The molecule has 3 rings (SSSR count). The molecular weight excluding hydrogens is 317 g/mol. The van der Waals surface area contributed by atoms with Crippen LogP contribution in [0.2, 0.25) is 0 Å². The molecule has 3 heterocycles. The van der Waals surface area contributed by atoms with Crippen molar-refractivity contribution in [1.82, 2.24) is 14.9 Å². The van der Waals surface area contributed by atoms with Gasteiger partial charge in [0.2, 0.25) is 11.9 Å². The average molecular weight is 337 g/mol. The summed E-state index contributed by atoms with van der Waals surface area (Å²) in [6.45, 7) is 3.05. The maximum atomic E-state index is 13.5. The van der Waals surface area contributed by atoms with Crippen LogP contribution in [0.5, 0.6) is 0 Å². The van der Waals surface area contributed by atoms with Crippen molar-refractivity contribution in [2.45, 2.75) is 13.3 Å². The minimum atomic E-state index is -1.16. The molecule has 0 saturated carbocycles. The molecule has 0 aromatic carbocycles. The molecule has 9 heteroatoms. The summed E-state index contributed by atoms with van der Waals surface area (Å²) in [6, 6.07) is 0. The first-order valence-corrected chi connectivity index (χ1v) is 7.90. The van der Waals surface area contributed by atoms with E-state index in [1.165, 1.54) is 0 Å². The van der Waals surface area contributed by atoms with Gasteiger partial charge in [-0.2, -0.15) is 4.98 Å². The molecule has 1 aromatic heterocycles. The lowest BCUT2D eigenvalue weighted by molar-refractivity contribution is -0.149. The molecule has 2 saturated heterocycles. The number of aliphatic carboxylic acids is 1. The second-order valence-electron chi connectivity index (χ2n) is 6.27. The van der Waals surface area contributed by atoms with E-state index >= 15 is 0 Å². The number of carboxylic acid groups (broad SMARTS) is 1. The first kappa shape index (κ1) is 16.4. The van der Waals surface area contributed by atoms with Crippen molar-refractivity contribution < 1.29 is 19.1 Å². The third-order valence-electron chi connectivity index (χ3n) is 4.80. The van der Waals surface area contributed by atoms with Gasteiger partial charge in [-0.05, 0) is 6.42 Å². The number of rotatable bonds is 5. The molecule has 24 heavy (non-hydrogen) atoms. The molecule has 0 unspecified atom stereocenters. The first-order chi connectivity index (χ1) is 11.4. The number of halogens is 1. The maximum Gasteiger partial charge on any atom is 0.314 e. The van der Waals surface area contributed by atoms with Crippen LogP contribution >= 0.6 is 0 Å². The monoisotopic (exact) mass is 337 g/mol. The van der Waals surface area contributed by atoms with Crippen molar-refractivity contribution in [2.75, 3.05) is 43.4 Å². The second kappa shape index (κ2) is 5.88. The molecule has 130 valence electrons. The zero-order valence-corrected chi connectivity index (χ0v) is 13.6. The predicted molar refractivity (Wildman–Crippen MR) is 84.2 cm³/mol. The summed E-state index contributed by atoms with van der Waals surface area (Å²) < 4.78 is 13.5. The van der Waals surface area contributed by atoms with Crippen molar-refractivity contribution in [1.29, 1.82) is 0 Å². The number of amides is 1. The van der Waals surface area contributed by atoms with E-state index in [9.17, 15) is 19.1 Å². The number of fused-ring (bicyclic) bond motifs is 1. The molecule has 8 nitrogen and oxygen atoms in total. The normalized spacial score (nSPS) is 26.0. The molecule has 2 N–H and O–H groups in total. The van der Waals surface area contributed by atoms with E-state index in [2.05, 4.69) is 15.3 Å². The molecule has 1 amide bonds. The van der Waals surface area contributed by atoms with E-state index in [1.807, 2.05) is 6.92 Å². The molecule has 2 aliphatic rings. The Labute approximate surface area is 138 Å². The Kier molecular flexibility index (Phi) is 4.02. The van der Waals surface area contributed by atoms with E-state index in [-0.39, 0.29) is 37.3 Å². The van der Waals surface area contributed by atoms with Crippen LogP contribution in [0.1, 0.15) is 13.3 Å². The molecule has 0 aliphatic carbocycles. The van der Waals surface area contributed by atoms with Gasteiger partial charge in [-0.1, -0.05) is 6.92 Å². The van der Waals surface area contributed by atoms with Crippen molar-refractivity contribution >= 4 is 23.6 Å². The Morgan fingerprint density at radius 2 is 2.29 bits per heavy atom. The minimum absolute atomic E-state index is 0.0420. The maximum absolute atomic E-state index is 13.5. The van der Waals surface area contributed by atoms with Gasteiger partial charge in [-0.25, -0.2) is 9.37 Å². The number of carbonyl (C=O) groups excluding carboxylic acids is 1. The van der Waals surface area contributed by atoms with Gasteiger partial charge in [0.15, 0.2) is 11.6 Å². The van der Waals surface area contributed by atoms with Crippen molar-refractivity contribution in [2.24, 2.45) is 11.3 Å². The van der Waals surface area contributed by atoms with E-state index in [1.54, 1.807) is 16.8 Å². The van der Waals surface area contributed by atoms with E-state index in [4.69, 9.17) is 0 Å². The Morgan fingerprint density at radius 3 is 2.88 bits per heavy atom. The topological polar surface area (TPSA) is 98.7 Å². The van der Waals surface area contributed by atoms with Gasteiger partial charge in [0.25, 0.3) is 0 Å². The van der Waals surface area contributed by atoms with Crippen LogP contribution in [0.25, 0.3) is 0 Å². The van der Waals surface area contributed by atoms with E-state index in [0.717, 1.165) is 12.6 Å². The van der Waals surface area contributed by atoms with Crippen LogP contribution < -0.4 is 10.2 Å². The van der Waals surface area contributed by atoms with Gasteiger partial charge in [0.05, 0.1) is 12.1 Å². The Balaban J connectivity index is 1.90. The van der Waals surface area contributed by atoms with Gasteiger partial charge < -0.3 is 20.2 Å². The van der Waals surface area contributed by atoms with Gasteiger partial charge in [-0.3, -0.25) is 9.59 Å². The molecule has 2 atom stereocenters. The number of hydrogen-bond acceptors (Lipinski definition) is 6. The number of likely N-dealkylation sites (tertiary alicyclic amines) is 1. The molecular formula is C15H20FN5O3. The lowest BCUT2D eigenvalue weighted by Crippen LogP contribution is -2.41. The number of carbonyl (C=O) groups is 2. The number of hydrogen-bond donors (Lipinski definition) is 2. The Hall–Kier alpha value is -2.45. The fourth-order valence-electron chi connectivity index (χ4n) is 3.61. The zero-order chi connectivity index (χ0) is 17.5. The second-order valence-corrected chi connectivity index (χ2v) is 6.27. The zero-order valence-electron chi connectivity index (χ0n) is 13.6. The van der Waals surface area contributed by atoms with Crippen molar-refractivity contribution in [3.8, 4) is 0 Å². The van der Waals surface area contributed by atoms with Gasteiger partial charge in [0.1, 0.15) is 5.41 Å². The molecule has 0 radical (unpaired) electrons. The molecule has 0 bridgehead atoms. The molecule has 1 aromatic rings. The average Bonchev–Trinajstić information content (AvgIpc) is 3.05. The summed E-state index contributed by atoms with van der Waals surface area (Å²) in [5, 5.41) is 12.4. The SMILES string of the molecule is CCCN1C[C@]2(C(=O)O)CN(c3ncc(F)c(NC)n3)C[C@@H]2C1=O. The van der Waals surface area contributed by atoms with Gasteiger partial charge in [0, 0.05) is 33.2 Å². The lowest BCUT2D eigenvalue weighted by atomic mass is 9.81. The largest absolute Gasteiger partial charge is 0.481 e. The highest BCUT2D eigenvalue weighted by Gasteiger charge is 2.62. The standard InChI is InChI=1S/C15H20FN5O3/c1-3-4-20-7-15(13(23)24)8-21(6-9(15)12(20)22)14-18-5-10(16)11(17-2)19-14/h5,9H,3-4,6-8H2,1-2H3,(H,23,24)(H,17,18,19)/t9-,15+/m1/s1. The van der Waals surface area contributed by atoms with Crippen molar-refractivity contribution in [3.63, 3.8) is 0 Å². The third kappa shape index (κ3) is 2.35. The summed E-state index contributed by atoms with van der Waals surface area (Å²) in [5.74, 6) is -2.08. The number of aromatic nitrogens is 2. The van der Waals surface area contributed by atoms with Crippen LogP contribution in [0, 0.1) is 17.2 Å². The molecule has 0 spiro atoms.